The number of para-hydroxylation sites is 2. The maximum atomic E-state index is 13.8. The Morgan fingerprint density at radius 1 is 1.33 bits per heavy atom. The second kappa shape index (κ2) is 8.44. The lowest BCUT2D eigenvalue weighted by Crippen LogP contribution is -2.16. The number of anilines is 1. The maximum Gasteiger partial charge on any atom is 0.234 e. The van der Waals surface area contributed by atoms with Crippen molar-refractivity contribution in [3.05, 3.63) is 52.5 Å². The van der Waals surface area contributed by atoms with Gasteiger partial charge >= 0.3 is 0 Å². The van der Waals surface area contributed by atoms with E-state index < -0.39 is 17.5 Å². The number of ether oxygens (including phenoxy) is 1. The van der Waals surface area contributed by atoms with Crippen molar-refractivity contribution in [1.29, 1.82) is 0 Å². The van der Waals surface area contributed by atoms with E-state index in [-0.39, 0.29) is 15.9 Å². The summed E-state index contributed by atoms with van der Waals surface area (Å²) in [4.78, 5) is 12.2. The second-order valence-electron chi connectivity index (χ2n) is 5.13. The first-order chi connectivity index (χ1) is 13.0. The highest BCUT2D eigenvalue weighted by Crippen LogP contribution is 2.28. The lowest BCUT2D eigenvalue weighted by atomic mass is 10.3. The summed E-state index contributed by atoms with van der Waals surface area (Å²) in [6.45, 7) is 0. The number of halogens is 3. The molecule has 0 radical (unpaired) electrons. The molecular formula is C16H12BrF2N5O2S. The van der Waals surface area contributed by atoms with Crippen LogP contribution < -0.4 is 10.1 Å². The van der Waals surface area contributed by atoms with Crippen LogP contribution in [0.15, 0.2) is 46.0 Å². The van der Waals surface area contributed by atoms with Crippen molar-refractivity contribution < 1.29 is 18.3 Å². The van der Waals surface area contributed by atoms with Gasteiger partial charge in [-0.25, -0.2) is 8.78 Å². The second-order valence-corrected chi connectivity index (χ2v) is 6.92. The monoisotopic (exact) mass is 455 g/mol. The molecule has 3 aromatic rings. The number of carbonyl (C=O) groups is 1. The highest BCUT2D eigenvalue weighted by molar-refractivity contribution is 9.10. The Morgan fingerprint density at radius 3 is 2.85 bits per heavy atom. The fraction of sp³-hybridized carbons (Fsp3) is 0.125. The zero-order valence-corrected chi connectivity index (χ0v) is 16.2. The van der Waals surface area contributed by atoms with Crippen molar-refractivity contribution in [1.82, 2.24) is 20.2 Å². The molecule has 0 saturated carbocycles. The molecule has 140 valence electrons. The molecule has 11 heteroatoms. The molecule has 0 bridgehead atoms. The molecule has 1 heterocycles. The Hall–Kier alpha value is -2.53. The van der Waals surface area contributed by atoms with Crippen LogP contribution in [0.3, 0.4) is 0 Å². The lowest BCUT2D eigenvalue weighted by molar-refractivity contribution is -0.113. The third-order valence-electron chi connectivity index (χ3n) is 3.36. The van der Waals surface area contributed by atoms with Gasteiger partial charge in [-0.3, -0.25) is 4.79 Å². The summed E-state index contributed by atoms with van der Waals surface area (Å²) in [5, 5.41) is 14.2. The van der Waals surface area contributed by atoms with E-state index >= 15 is 0 Å². The first-order valence-electron chi connectivity index (χ1n) is 7.48. The van der Waals surface area contributed by atoms with Crippen molar-refractivity contribution in [2.75, 3.05) is 18.2 Å². The third-order valence-corrected chi connectivity index (χ3v) is 4.90. The normalized spacial score (nSPS) is 10.7. The molecule has 0 aliphatic rings. The van der Waals surface area contributed by atoms with Gasteiger partial charge in [0.2, 0.25) is 11.1 Å². The fourth-order valence-corrected chi connectivity index (χ4v) is 3.38. The number of aromatic nitrogens is 4. The molecule has 1 amide bonds. The molecule has 7 nitrogen and oxygen atoms in total. The fourth-order valence-electron chi connectivity index (χ4n) is 2.19. The Morgan fingerprint density at radius 2 is 2.11 bits per heavy atom. The molecule has 0 aliphatic carbocycles. The summed E-state index contributed by atoms with van der Waals surface area (Å²) < 4.78 is 33.8. The highest BCUT2D eigenvalue weighted by atomic mass is 79.9. The van der Waals surface area contributed by atoms with Gasteiger partial charge in [0.1, 0.15) is 17.3 Å². The van der Waals surface area contributed by atoms with E-state index in [2.05, 4.69) is 36.8 Å². The van der Waals surface area contributed by atoms with E-state index in [1.807, 2.05) is 6.07 Å². The third kappa shape index (κ3) is 4.42. The van der Waals surface area contributed by atoms with Gasteiger partial charge in [0.25, 0.3) is 0 Å². The van der Waals surface area contributed by atoms with Crippen LogP contribution in [0.5, 0.6) is 5.75 Å². The number of tetrazole rings is 1. The molecule has 0 fully saturated rings. The van der Waals surface area contributed by atoms with E-state index in [1.165, 1.54) is 11.8 Å². The van der Waals surface area contributed by atoms with Crippen LogP contribution in [0.25, 0.3) is 5.69 Å². The number of benzene rings is 2. The molecule has 0 spiro atoms. The van der Waals surface area contributed by atoms with Crippen molar-refractivity contribution in [3.63, 3.8) is 0 Å². The van der Waals surface area contributed by atoms with Gasteiger partial charge in [-0.1, -0.05) is 23.9 Å². The number of thioether (sulfide) groups is 1. The highest BCUT2D eigenvalue weighted by Gasteiger charge is 2.16. The van der Waals surface area contributed by atoms with E-state index in [1.54, 1.807) is 18.2 Å². The SMILES string of the molecule is COc1ccccc1-n1nnnc1SCC(=O)Nc1c(F)cc(F)cc1Br. The summed E-state index contributed by atoms with van der Waals surface area (Å²) in [6.07, 6.45) is 0. The summed E-state index contributed by atoms with van der Waals surface area (Å²) in [5.74, 6) is -1.64. The van der Waals surface area contributed by atoms with Crippen molar-refractivity contribution in [2.24, 2.45) is 0 Å². The van der Waals surface area contributed by atoms with Gasteiger partial charge in [0.15, 0.2) is 5.82 Å². The minimum absolute atomic E-state index is 0.0845. The molecule has 1 aromatic heterocycles. The Kier molecular flexibility index (Phi) is 6.01. The van der Waals surface area contributed by atoms with Crippen LogP contribution in [-0.2, 0) is 4.79 Å². The van der Waals surface area contributed by atoms with E-state index in [9.17, 15) is 13.6 Å². The summed E-state index contributed by atoms with van der Waals surface area (Å²) in [6, 6.07) is 8.89. The van der Waals surface area contributed by atoms with E-state index in [0.29, 0.717) is 22.7 Å². The number of nitrogens with zero attached hydrogens (tertiary/aromatic N) is 4. The minimum atomic E-state index is -0.876. The summed E-state index contributed by atoms with van der Waals surface area (Å²) in [5.41, 5.74) is 0.478. The van der Waals surface area contributed by atoms with Gasteiger partial charge in [0, 0.05) is 10.5 Å². The zero-order chi connectivity index (χ0) is 19.4. The standard InChI is InChI=1S/C16H12BrF2N5O2S/c1-26-13-5-3-2-4-12(13)24-16(21-22-23-24)27-8-14(25)20-15-10(17)6-9(18)7-11(15)19/h2-7H,8H2,1H3,(H,20,25). The van der Waals surface area contributed by atoms with Gasteiger partial charge in [0.05, 0.1) is 18.6 Å². The average molecular weight is 456 g/mol. The molecule has 0 aliphatic heterocycles. The van der Waals surface area contributed by atoms with E-state index in [0.717, 1.165) is 17.8 Å². The van der Waals surface area contributed by atoms with Crippen LogP contribution in [0, 0.1) is 11.6 Å². The zero-order valence-electron chi connectivity index (χ0n) is 13.8. The molecule has 27 heavy (non-hydrogen) atoms. The molecule has 3 rings (SSSR count). The van der Waals surface area contributed by atoms with E-state index in [4.69, 9.17) is 4.74 Å². The lowest BCUT2D eigenvalue weighted by Gasteiger charge is -2.10. The van der Waals surface area contributed by atoms with Crippen molar-refractivity contribution >= 4 is 39.3 Å². The number of carbonyl (C=O) groups excluding carboxylic acids is 1. The summed E-state index contributed by atoms with van der Waals surface area (Å²) in [7, 11) is 1.53. The maximum absolute atomic E-state index is 13.8. The van der Waals surface area contributed by atoms with Gasteiger partial charge < -0.3 is 10.1 Å². The number of nitrogens with one attached hydrogen (secondary N) is 1. The van der Waals surface area contributed by atoms with Gasteiger partial charge in [-0.05, 0) is 44.6 Å². The van der Waals surface area contributed by atoms with Crippen LogP contribution in [0.4, 0.5) is 14.5 Å². The first-order valence-corrected chi connectivity index (χ1v) is 9.26. The Balaban J connectivity index is 1.72. The number of hydrogen-bond acceptors (Lipinski definition) is 6. The van der Waals surface area contributed by atoms with Crippen LogP contribution >= 0.6 is 27.7 Å². The molecule has 0 atom stereocenters. The average Bonchev–Trinajstić information content (AvgIpc) is 3.11. The number of amides is 1. The predicted octanol–water partition coefficient (Wildman–Crippen LogP) is 3.44. The first kappa shape index (κ1) is 19.2. The van der Waals surface area contributed by atoms with Crippen molar-refractivity contribution in [3.8, 4) is 11.4 Å². The molecule has 2 aromatic carbocycles. The minimum Gasteiger partial charge on any atom is -0.494 e. The van der Waals surface area contributed by atoms with Gasteiger partial charge in [-0.2, -0.15) is 4.68 Å². The largest absolute Gasteiger partial charge is 0.494 e. The molecular weight excluding hydrogens is 444 g/mol. The van der Waals surface area contributed by atoms with Crippen molar-refractivity contribution in [2.45, 2.75) is 5.16 Å². The Bertz CT molecular complexity index is 962. The van der Waals surface area contributed by atoms with Crippen LogP contribution in [-0.4, -0.2) is 39.0 Å². The molecule has 0 unspecified atom stereocenters. The molecule has 0 saturated heterocycles. The predicted molar refractivity (Wildman–Crippen MR) is 99.1 cm³/mol. The topological polar surface area (TPSA) is 81.9 Å². The summed E-state index contributed by atoms with van der Waals surface area (Å²) >= 11 is 4.08. The molecule has 1 N–H and O–H groups in total. The number of rotatable bonds is 6. The Labute approximate surface area is 165 Å². The number of methoxy groups -OCH3 is 1. The van der Waals surface area contributed by atoms with Crippen LogP contribution in [0.2, 0.25) is 0 Å². The smallest absolute Gasteiger partial charge is 0.234 e. The van der Waals surface area contributed by atoms with Crippen LogP contribution in [0.1, 0.15) is 0 Å². The van der Waals surface area contributed by atoms with Gasteiger partial charge in [-0.15, -0.1) is 5.10 Å². The quantitative estimate of drug-likeness (QED) is 0.573. The number of hydrogen-bond donors (Lipinski definition) is 1.